The van der Waals surface area contributed by atoms with Gasteiger partial charge in [0.05, 0.1) is 10.2 Å². The van der Waals surface area contributed by atoms with Crippen LogP contribution >= 0.6 is 15.9 Å². The Kier molecular flexibility index (Phi) is 3.47. The highest BCUT2D eigenvalue weighted by Gasteiger charge is 2.07. The van der Waals surface area contributed by atoms with Crippen molar-refractivity contribution in [3.63, 3.8) is 0 Å². The lowest BCUT2D eigenvalue weighted by Crippen LogP contribution is -1.96. The first-order valence-electron chi connectivity index (χ1n) is 5.07. The Labute approximate surface area is 107 Å². The van der Waals surface area contributed by atoms with Crippen molar-refractivity contribution in [3.8, 4) is 5.75 Å². The molecule has 5 heteroatoms. The van der Waals surface area contributed by atoms with Crippen molar-refractivity contribution in [2.24, 2.45) is 0 Å². The molecule has 0 N–H and O–H groups in total. The lowest BCUT2D eigenvalue weighted by Gasteiger charge is -2.03. The van der Waals surface area contributed by atoms with Gasteiger partial charge in [0, 0.05) is 6.07 Å². The topological polar surface area (TPSA) is 35.3 Å². The molecule has 2 rings (SSSR count). The van der Waals surface area contributed by atoms with E-state index in [1.807, 2.05) is 13.8 Å². The molecule has 0 fully saturated rings. The van der Waals surface area contributed by atoms with Gasteiger partial charge in [0.15, 0.2) is 6.61 Å². The summed E-state index contributed by atoms with van der Waals surface area (Å²) in [5.74, 6) is 1.34. The number of aromatic nitrogens is 1. The number of ether oxygens (including phenoxy) is 1. The molecule has 0 saturated carbocycles. The van der Waals surface area contributed by atoms with Crippen LogP contribution in [0, 0.1) is 19.7 Å². The number of hydrogen-bond acceptors (Lipinski definition) is 3. The van der Waals surface area contributed by atoms with Gasteiger partial charge in [-0.3, -0.25) is 0 Å². The van der Waals surface area contributed by atoms with E-state index in [-0.39, 0.29) is 12.4 Å². The molecule has 0 aliphatic heterocycles. The number of nitrogens with zero attached hydrogens (tertiary/aromatic N) is 1. The molecule has 0 amide bonds. The van der Waals surface area contributed by atoms with E-state index >= 15 is 0 Å². The Morgan fingerprint density at radius 2 is 2.18 bits per heavy atom. The van der Waals surface area contributed by atoms with Crippen LogP contribution in [0.25, 0.3) is 0 Å². The van der Waals surface area contributed by atoms with Gasteiger partial charge in [-0.05, 0) is 41.9 Å². The third kappa shape index (κ3) is 2.85. The lowest BCUT2D eigenvalue weighted by molar-refractivity contribution is 0.259. The standard InChI is InChI=1S/C12H11BrFNO2/c1-7-8(2)17-12(15-7)6-16-9-3-4-10(13)11(14)5-9/h3-5H,6H2,1-2H3. The maximum atomic E-state index is 13.2. The number of halogens is 2. The third-order valence-corrected chi connectivity index (χ3v) is 2.97. The summed E-state index contributed by atoms with van der Waals surface area (Å²) in [4.78, 5) is 4.17. The van der Waals surface area contributed by atoms with Crippen LogP contribution in [0.4, 0.5) is 4.39 Å². The van der Waals surface area contributed by atoms with Gasteiger partial charge in [-0.25, -0.2) is 9.37 Å². The fourth-order valence-electron chi connectivity index (χ4n) is 1.31. The van der Waals surface area contributed by atoms with Gasteiger partial charge < -0.3 is 9.15 Å². The Morgan fingerprint density at radius 3 is 2.76 bits per heavy atom. The largest absolute Gasteiger partial charge is 0.484 e. The van der Waals surface area contributed by atoms with Crippen LogP contribution in [0.1, 0.15) is 17.3 Å². The second kappa shape index (κ2) is 4.87. The molecule has 1 aromatic carbocycles. The van der Waals surface area contributed by atoms with E-state index in [1.54, 1.807) is 12.1 Å². The van der Waals surface area contributed by atoms with E-state index < -0.39 is 0 Å². The Hall–Kier alpha value is -1.36. The van der Waals surface area contributed by atoms with Crippen molar-refractivity contribution in [1.29, 1.82) is 0 Å². The summed E-state index contributed by atoms with van der Waals surface area (Å²) in [5, 5.41) is 0. The highest BCUT2D eigenvalue weighted by Crippen LogP contribution is 2.21. The third-order valence-electron chi connectivity index (χ3n) is 2.33. The van der Waals surface area contributed by atoms with Gasteiger partial charge in [-0.1, -0.05) is 0 Å². The monoisotopic (exact) mass is 299 g/mol. The van der Waals surface area contributed by atoms with Crippen LogP contribution in [0.15, 0.2) is 27.1 Å². The minimum absolute atomic E-state index is 0.190. The second-order valence-corrected chi connectivity index (χ2v) is 4.47. The minimum atomic E-state index is -0.359. The van der Waals surface area contributed by atoms with E-state index in [9.17, 15) is 4.39 Å². The fourth-order valence-corrected chi connectivity index (χ4v) is 1.56. The first-order valence-corrected chi connectivity index (χ1v) is 5.86. The summed E-state index contributed by atoms with van der Waals surface area (Å²) in [6, 6.07) is 4.58. The average Bonchev–Trinajstić information content (AvgIpc) is 2.60. The van der Waals surface area contributed by atoms with Crippen LogP contribution in [0.5, 0.6) is 5.75 Å². The number of benzene rings is 1. The van der Waals surface area contributed by atoms with E-state index in [0.29, 0.717) is 16.1 Å². The van der Waals surface area contributed by atoms with Crippen molar-refractivity contribution >= 4 is 15.9 Å². The molecule has 0 aliphatic rings. The molecular weight excluding hydrogens is 289 g/mol. The normalized spacial score (nSPS) is 10.6. The number of oxazole rings is 1. The van der Waals surface area contributed by atoms with E-state index in [1.165, 1.54) is 6.07 Å². The lowest BCUT2D eigenvalue weighted by atomic mass is 10.3. The number of hydrogen-bond donors (Lipinski definition) is 0. The second-order valence-electron chi connectivity index (χ2n) is 3.61. The maximum absolute atomic E-state index is 13.2. The molecular formula is C12H11BrFNO2. The van der Waals surface area contributed by atoms with Crippen molar-refractivity contribution in [1.82, 2.24) is 4.98 Å². The van der Waals surface area contributed by atoms with Crippen molar-refractivity contribution in [3.05, 3.63) is 45.8 Å². The summed E-state index contributed by atoms with van der Waals surface area (Å²) >= 11 is 3.08. The van der Waals surface area contributed by atoms with Crippen molar-refractivity contribution in [2.75, 3.05) is 0 Å². The molecule has 3 nitrogen and oxygen atoms in total. The van der Waals surface area contributed by atoms with Crippen LogP contribution in [0.2, 0.25) is 0 Å². The van der Waals surface area contributed by atoms with E-state index in [0.717, 1.165) is 11.5 Å². The summed E-state index contributed by atoms with van der Waals surface area (Å²) in [6.07, 6.45) is 0. The van der Waals surface area contributed by atoms with Crippen molar-refractivity contribution < 1.29 is 13.5 Å². The Morgan fingerprint density at radius 1 is 1.41 bits per heavy atom. The summed E-state index contributed by atoms with van der Waals surface area (Å²) in [5.41, 5.74) is 0.839. The maximum Gasteiger partial charge on any atom is 0.232 e. The highest BCUT2D eigenvalue weighted by atomic mass is 79.9. The Balaban J connectivity index is 2.04. The van der Waals surface area contributed by atoms with Crippen LogP contribution in [-0.2, 0) is 6.61 Å². The SMILES string of the molecule is Cc1nc(COc2ccc(Br)c(F)c2)oc1C. The van der Waals surface area contributed by atoms with Crippen LogP contribution < -0.4 is 4.74 Å². The fraction of sp³-hybridized carbons (Fsp3) is 0.250. The quantitative estimate of drug-likeness (QED) is 0.865. The molecule has 0 bridgehead atoms. The van der Waals surface area contributed by atoms with E-state index in [4.69, 9.17) is 9.15 Å². The average molecular weight is 300 g/mol. The van der Waals surface area contributed by atoms with Gasteiger partial charge in [-0.2, -0.15) is 0 Å². The molecule has 2 aromatic rings. The number of rotatable bonds is 3. The molecule has 17 heavy (non-hydrogen) atoms. The van der Waals surface area contributed by atoms with Crippen LogP contribution in [-0.4, -0.2) is 4.98 Å². The minimum Gasteiger partial charge on any atom is -0.484 e. The molecule has 0 spiro atoms. The predicted molar refractivity (Wildman–Crippen MR) is 64.4 cm³/mol. The molecule has 0 atom stereocenters. The summed E-state index contributed by atoms with van der Waals surface area (Å²) in [7, 11) is 0. The highest BCUT2D eigenvalue weighted by molar-refractivity contribution is 9.10. The molecule has 1 aromatic heterocycles. The van der Waals surface area contributed by atoms with Gasteiger partial charge in [-0.15, -0.1) is 0 Å². The van der Waals surface area contributed by atoms with Crippen molar-refractivity contribution in [2.45, 2.75) is 20.5 Å². The Bertz CT molecular complexity index is 520. The number of aryl methyl sites for hydroxylation is 2. The van der Waals surface area contributed by atoms with Gasteiger partial charge in [0.1, 0.15) is 17.3 Å². The zero-order chi connectivity index (χ0) is 12.4. The molecule has 0 unspecified atom stereocenters. The first kappa shape index (κ1) is 12.1. The van der Waals surface area contributed by atoms with Gasteiger partial charge in [0.25, 0.3) is 0 Å². The van der Waals surface area contributed by atoms with Crippen LogP contribution in [0.3, 0.4) is 0 Å². The summed E-state index contributed by atoms with van der Waals surface area (Å²) in [6.45, 7) is 3.89. The molecule has 1 heterocycles. The van der Waals surface area contributed by atoms with Gasteiger partial charge in [0.2, 0.25) is 5.89 Å². The summed E-state index contributed by atoms with van der Waals surface area (Å²) < 4.78 is 24.3. The van der Waals surface area contributed by atoms with E-state index in [2.05, 4.69) is 20.9 Å². The smallest absolute Gasteiger partial charge is 0.232 e. The molecule has 0 aliphatic carbocycles. The van der Waals surface area contributed by atoms with Gasteiger partial charge >= 0.3 is 0 Å². The molecule has 0 saturated heterocycles. The zero-order valence-corrected chi connectivity index (χ0v) is 11.0. The molecule has 0 radical (unpaired) electrons. The first-order chi connectivity index (χ1) is 8.06. The zero-order valence-electron chi connectivity index (χ0n) is 9.46. The molecule has 90 valence electrons. The predicted octanol–water partition coefficient (Wildman–Crippen LogP) is 3.77.